The highest BCUT2D eigenvalue weighted by Crippen LogP contribution is 2.29. The van der Waals surface area contributed by atoms with E-state index in [1.54, 1.807) is 12.1 Å². The molecule has 0 fully saturated rings. The second-order valence-corrected chi connectivity index (χ2v) is 4.29. The van der Waals surface area contributed by atoms with Gasteiger partial charge in [0, 0.05) is 9.86 Å². The van der Waals surface area contributed by atoms with Crippen LogP contribution in [-0.2, 0) is 0 Å². The van der Waals surface area contributed by atoms with E-state index in [1.165, 1.54) is 0 Å². The lowest BCUT2D eigenvalue weighted by Gasteiger charge is -2.06. The molecule has 0 saturated carbocycles. The minimum atomic E-state index is -0.206. The van der Waals surface area contributed by atoms with Crippen LogP contribution in [0.5, 0.6) is 0 Å². The third kappa shape index (κ3) is 2.32. The van der Waals surface area contributed by atoms with Crippen molar-refractivity contribution < 1.29 is 0 Å². The highest BCUT2D eigenvalue weighted by Gasteiger charge is 2.03. The molecule has 0 saturated heterocycles. The Hall–Kier alpha value is -2.37. The van der Waals surface area contributed by atoms with Crippen molar-refractivity contribution in [3.63, 3.8) is 0 Å². The van der Waals surface area contributed by atoms with Crippen molar-refractivity contribution in [2.45, 2.75) is 0 Å². The fraction of sp³-hybridized carbons (Fsp3) is 0. The number of hydrogen-bond acceptors (Lipinski definition) is 4. The quantitative estimate of drug-likeness (QED) is 0.682. The summed E-state index contributed by atoms with van der Waals surface area (Å²) in [5.41, 5.74) is 3.28. The van der Waals surface area contributed by atoms with Gasteiger partial charge in [-0.1, -0.05) is 40.2 Å². The normalized spacial score (nSPS) is 9.28. The van der Waals surface area contributed by atoms with Gasteiger partial charge in [-0.3, -0.25) is 5.43 Å². The number of benzene rings is 2. The van der Waals surface area contributed by atoms with Crippen LogP contribution >= 0.6 is 15.9 Å². The zero-order valence-corrected chi connectivity index (χ0v) is 10.8. The van der Waals surface area contributed by atoms with E-state index in [4.69, 9.17) is 10.5 Å². The van der Waals surface area contributed by atoms with E-state index in [0.717, 1.165) is 20.9 Å². The molecule has 2 rings (SSSR count). The molecule has 0 spiro atoms. The van der Waals surface area contributed by atoms with Crippen molar-refractivity contribution in [1.29, 1.82) is 10.5 Å². The van der Waals surface area contributed by atoms with Crippen molar-refractivity contribution in [3.8, 4) is 12.1 Å². The molecule has 0 bridgehead atoms. The second-order valence-electron chi connectivity index (χ2n) is 3.44. The Morgan fingerprint density at radius 3 is 2.39 bits per heavy atom. The molecule has 1 N–H and O–H groups in total. The Morgan fingerprint density at radius 1 is 1.06 bits per heavy atom. The van der Waals surface area contributed by atoms with Crippen molar-refractivity contribution in [1.82, 2.24) is 0 Å². The van der Waals surface area contributed by atoms with Crippen LogP contribution in [0.1, 0.15) is 0 Å². The molecule has 0 atom stereocenters. The number of rotatable bonds is 2. The van der Waals surface area contributed by atoms with E-state index in [9.17, 15) is 0 Å². The van der Waals surface area contributed by atoms with Gasteiger partial charge in [0.25, 0.3) is 0 Å². The first kappa shape index (κ1) is 12.1. The highest BCUT2D eigenvalue weighted by atomic mass is 79.9. The summed E-state index contributed by atoms with van der Waals surface area (Å²) < 4.78 is 0.980. The molecule has 2 aromatic rings. The first-order valence-corrected chi connectivity index (χ1v) is 5.86. The summed E-state index contributed by atoms with van der Waals surface area (Å²) in [5.74, 6) is 0. The average Bonchev–Trinajstić information content (AvgIpc) is 2.42. The average molecular weight is 299 g/mol. The number of hydrazone groups is 1. The van der Waals surface area contributed by atoms with E-state index < -0.39 is 0 Å². The lowest BCUT2D eigenvalue weighted by atomic mass is 10.1. The van der Waals surface area contributed by atoms with Gasteiger partial charge in [0.2, 0.25) is 5.71 Å². The van der Waals surface area contributed by atoms with E-state index in [2.05, 4.69) is 26.5 Å². The van der Waals surface area contributed by atoms with Crippen molar-refractivity contribution >= 4 is 38.1 Å². The zero-order valence-electron chi connectivity index (χ0n) is 9.18. The van der Waals surface area contributed by atoms with Crippen molar-refractivity contribution in [3.05, 3.63) is 40.9 Å². The summed E-state index contributed by atoms with van der Waals surface area (Å²) in [4.78, 5) is 0. The number of hydrogen-bond donors (Lipinski definition) is 1. The maximum atomic E-state index is 8.61. The fourth-order valence-corrected chi connectivity index (χ4v) is 2.03. The predicted octanol–water partition coefficient (Wildman–Crippen LogP) is 3.42. The minimum Gasteiger partial charge on any atom is -0.276 e. The molecular weight excluding hydrogens is 292 g/mol. The van der Waals surface area contributed by atoms with Crippen LogP contribution in [-0.4, -0.2) is 5.71 Å². The van der Waals surface area contributed by atoms with Gasteiger partial charge in [0.1, 0.15) is 12.1 Å². The summed E-state index contributed by atoms with van der Waals surface area (Å²) in [6.45, 7) is 0. The van der Waals surface area contributed by atoms with Gasteiger partial charge in [-0.25, -0.2) is 0 Å². The van der Waals surface area contributed by atoms with Crippen LogP contribution in [0.15, 0.2) is 46.0 Å². The molecule has 18 heavy (non-hydrogen) atoms. The largest absolute Gasteiger partial charge is 0.276 e. The molecule has 86 valence electrons. The smallest absolute Gasteiger partial charge is 0.237 e. The first-order valence-electron chi connectivity index (χ1n) is 5.07. The maximum Gasteiger partial charge on any atom is 0.237 e. The predicted molar refractivity (Wildman–Crippen MR) is 73.9 cm³/mol. The van der Waals surface area contributed by atoms with Crippen LogP contribution in [0, 0.1) is 22.7 Å². The Balaban J connectivity index is 2.48. The topological polar surface area (TPSA) is 72.0 Å². The molecule has 0 unspecified atom stereocenters. The number of nitrogens with one attached hydrogen (secondary N) is 1. The minimum absolute atomic E-state index is 0.206. The molecule has 0 aliphatic heterocycles. The summed E-state index contributed by atoms with van der Waals surface area (Å²) >= 11 is 3.47. The van der Waals surface area contributed by atoms with Crippen LogP contribution in [0.4, 0.5) is 5.69 Å². The molecular formula is C13H7BrN4. The van der Waals surface area contributed by atoms with Crippen LogP contribution in [0.25, 0.3) is 10.8 Å². The Labute approximate surface area is 112 Å². The van der Waals surface area contributed by atoms with Crippen LogP contribution in [0.3, 0.4) is 0 Å². The van der Waals surface area contributed by atoms with Crippen molar-refractivity contribution in [2.75, 3.05) is 5.43 Å². The Kier molecular flexibility index (Phi) is 3.57. The number of anilines is 1. The molecule has 0 amide bonds. The Morgan fingerprint density at radius 2 is 1.72 bits per heavy atom. The lowest BCUT2D eigenvalue weighted by Crippen LogP contribution is -1.97. The zero-order chi connectivity index (χ0) is 13.0. The van der Waals surface area contributed by atoms with Gasteiger partial charge in [-0.05, 0) is 17.5 Å². The molecule has 5 heteroatoms. The molecule has 0 aromatic heterocycles. The van der Waals surface area contributed by atoms with E-state index in [-0.39, 0.29) is 5.71 Å². The molecule has 2 aromatic carbocycles. The van der Waals surface area contributed by atoms with Gasteiger partial charge in [-0.2, -0.15) is 15.6 Å². The molecule has 0 radical (unpaired) electrons. The van der Waals surface area contributed by atoms with Crippen molar-refractivity contribution in [2.24, 2.45) is 5.10 Å². The van der Waals surface area contributed by atoms with E-state index in [0.29, 0.717) is 0 Å². The summed E-state index contributed by atoms with van der Waals surface area (Å²) in [6, 6.07) is 14.9. The number of fused-ring (bicyclic) bond motifs is 1. The maximum absolute atomic E-state index is 8.61. The highest BCUT2D eigenvalue weighted by molar-refractivity contribution is 9.10. The monoisotopic (exact) mass is 298 g/mol. The summed E-state index contributed by atoms with van der Waals surface area (Å²) in [5, 5.41) is 23.0. The van der Waals surface area contributed by atoms with Gasteiger partial charge in [0.05, 0.1) is 5.69 Å². The van der Waals surface area contributed by atoms with Gasteiger partial charge in [-0.15, -0.1) is 0 Å². The third-order valence-electron chi connectivity index (χ3n) is 2.37. The number of halogens is 1. The lowest BCUT2D eigenvalue weighted by molar-refractivity contribution is 1.35. The Bertz CT molecular complexity index is 691. The summed E-state index contributed by atoms with van der Waals surface area (Å²) in [6.07, 6.45) is 0. The van der Waals surface area contributed by atoms with Crippen LogP contribution in [0.2, 0.25) is 0 Å². The number of nitrogens with zero attached hydrogens (tertiary/aromatic N) is 3. The molecule has 4 nitrogen and oxygen atoms in total. The van der Waals surface area contributed by atoms with E-state index >= 15 is 0 Å². The van der Waals surface area contributed by atoms with Crippen LogP contribution < -0.4 is 5.43 Å². The first-order chi connectivity index (χ1) is 8.76. The third-order valence-corrected chi connectivity index (χ3v) is 3.06. The van der Waals surface area contributed by atoms with E-state index in [1.807, 2.05) is 36.4 Å². The molecule has 0 aliphatic rings. The SMILES string of the molecule is N#CC(C#N)=NNc1ccc(Br)c2ccccc12. The van der Waals surface area contributed by atoms with Gasteiger partial charge >= 0.3 is 0 Å². The fourth-order valence-electron chi connectivity index (χ4n) is 1.55. The molecule has 0 aliphatic carbocycles. The summed E-state index contributed by atoms with van der Waals surface area (Å²) in [7, 11) is 0. The standard InChI is InChI=1S/C13H7BrN4/c14-12-5-6-13(18-17-9(7-15)8-16)11-4-2-1-3-10(11)12/h1-6,18H. The molecule has 0 heterocycles. The second kappa shape index (κ2) is 5.31. The number of nitriles is 2. The van der Waals surface area contributed by atoms with Gasteiger partial charge in [0.15, 0.2) is 0 Å². The van der Waals surface area contributed by atoms with Gasteiger partial charge < -0.3 is 0 Å².